The van der Waals surface area contributed by atoms with Crippen molar-refractivity contribution >= 4 is 11.8 Å². The van der Waals surface area contributed by atoms with E-state index in [9.17, 15) is 14.7 Å². The van der Waals surface area contributed by atoms with Crippen LogP contribution in [0.15, 0.2) is 0 Å². The molecule has 2 amide bonds. The second kappa shape index (κ2) is 8.84. The molecule has 24 heavy (non-hydrogen) atoms. The number of hydrogen-bond acceptors (Lipinski definition) is 3. The zero-order valence-corrected chi connectivity index (χ0v) is 15.5. The molecule has 0 aromatic heterocycles. The summed E-state index contributed by atoms with van der Waals surface area (Å²) in [7, 11) is 0. The van der Waals surface area contributed by atoms with E-state index in [4.69, 9.17) is 0 Å². The quantitative estimate of drug-likeness (QED) is 0.808. The van der Waals surface area contributed by atoms with Gasteiger partial charge in [-0.3, -0.25) is 9.59 Å². The van der Waals surface area contributed by atoms with Gasteiger partial charge in [0.05, 0.1) is 0 Å². The van der Waals surface area contributed by atoms with Crippen molar-refractivity contribution in [3.05, 3.63) is 0 Å². The fourth-order valence-electron chi connectivity index (χ4n) is 3.71. The first kappa shape index (κ1) is 19.2. The predicted octanol–water partition coefficient (Wildman–Crippen LogP) is 2.33. The van der Waals surface area contributed by atoms with E-state index in [2.05, 4.69) is 19.2 Å². The van der Waals surface area contributed by atoms with Gasteiger partial charge in [-0.1, -0.05) is 33.1 Å². The normalized spacial score (nSPS) is 23.1. The molecular formula is C19H34N2O3. The molecule has 5 heteroatoms. The van der Waals surface area contributed by atoms with Crippen molar-refractivity contribution in [3.63, 3.8) is 0 Å². The van der Waals surface area contributed by atoms with Crippen molar-refractivity contribution < 1.29 is 14.7 Å². The molecule has 5 nitrogen and oxygen atoms in total. The van der Waals surface area contributed by atoms with E-state index >= 15 is 0 Å². The Morgan fingerprint density at radius 3 is 2.12 bits per heavy atom. The molecule has 0 unspecified atom stereocenters. The summed E-state index contributed by atoms with van der Waals surface area (Å²) in [5.74, 6) is 0.509. The summed E-state index contributed by atoms with van der Waals surface area (Å²) >= 11 is 0. The first-order chi connectivity index (χ1) is 11.4. The molecule has 1 aliphatic carbocycles. The number of likely N-dealkylation sites (tertiary alicyclic amines) is 1. The largest absolute Gasteiger partial charge is 0.383 e. The van der Waals surface area contributed by atoms with Crippen molar-refractivity contribution in [1.29, 1.82) is 0 Å². The zero-order chi connectivity index (χ0) is 17.7. The minimum atomic E-state index is -0.850. The smallest absolute Gasteiger partial charge is 0.251 e. The van der Waals surface area contributed by atoms with Gasteiger partial charge >= 0.3 is 0 Å². The number of hydrogen-bond donors (Lipinski definition) is 2. The Balaban J connectivity index is 1.79. The number of nitrogens with one attached hydrogen (secondary N) is 1. The maximum absolute atomic E-state index is 12.5. The van der Waals surface area contributed by atoms with Gasteiger partial charge in [-0.05, 0) is 44.4 Å². The molecule has 0 spiro atoms. The molecule has 2 atom stereocenters. The van der Waals surface area contributed by atoms with Crippen LogP contribution in [0.2, 0.25) is 0 Å². The number of rotatable bonds is 5. The molecule has 1 saturated carbocycles. The highest BCUT2D eigenvalue weighted by molar-refractivity contribution is 5.82. The first-order valence-corrected chi connectivity index (χ1v) is 9.67. The van der Waals surface area contributed by atoms with Crippen LogP contribution in [0.25, 0.3) is 0 Å². The molecule has 1 aliphatic heterocycles. The van der Waals surface area contributed by atoms with Crippen molar-refractivity contribution in [2.75, 3.05) is 13.1 Å². The number of nitrogens with zero attached hydrogens (tertiary/aromatic N) is 1. The molecular weight excluding hydrogens is 304 g/mol. The van der Waals surface area contributed by atoms with Crippen LogP contribution < -0.4 is 5.32 Å². The molecule has 1 heterocycles. The van der Waals surface area contributed by atoms with E-state index in [0.717, 1.165) is 25.7 Å². The summed E-state index contributed by atoms with van der Waals surface area (Å²) in [6, 6.07) is 0.172. The Hall–Kier alpha value is -1.10. The molecule has 0 aromatic rings. The average molecular weight is 338 g/mol. The van der Waals surface area contributed by atoms with Crippen LogP contribution in [0.3, 0.4) is 0 Å². The maximum atomic E-state index is 12.5. The third-order valence-electron chi connectivity index (χ3n) is 5.90. The van der Waals surface area contributed by atoms with Gasteiger partial charge in [0.25, 0.3) is 5.91 Å². The number of aliphatic hydroxyl groups excluding tert-OH is 1. The monoisotopic (exact) mass is 338 g/mol. The van der Waals surface area contributed by atoms with E-state index in [-0.39, 0.29) is 29.7 Å². The summed E-state index contributed by atoms with van der Waals surface area (Å²) in [6.07, 6.45) is 5.90. The topological polar surface area (TPSA) is 69.6 Å². The second-order valence-electron chi connectivity index (χ2n) is 7.98. The van der Waals surface area contributed by atoms with E-state index in [0.29, 0.717) is 31.8 Å². The number of aliphatic hydroxyl groups is 1. The van der Waals surface area contributed by atoms with Gasteiger partial charge in [0.15, 0.2) is 0 Å². The molecule has 0 bridgehead atoms. The summed E-state index contributed by atoms with van der Waals surface area (Å²) in [5.41, 5.74) is 0. The molecule has 0 radical (unpaired) electrons. The third-order valence-corrected chi connectivity index (χ3v) is 5.90. The minimum absolute atomic E-state index is 0.0120. The van der Waals surface area contributed by atoms with Crippen LogP contribution in [0.4, 0.5) is 0 Å². The van der Waals surface area contributed by atoms with E-state index in [1.54, 1.807) is 4.90 Å². The lowest BCUT2D eigenvalue weighted by atomic mass is 9.84. The van der Waals surface area contributed by atoms with Gasteiger partial charge in [0, 0.05) is 25.0 Å². The number of piperidine rings is 1. The Labute approximate surface area is 146 Å². The first-order valence-electron chi connectivity index (χ1n) is 9.67. The Bertz CT molecular complexity index is 424. The van der Waals surface area contributed by atoms with Crippen LogP contribution in [-0.2, 0) is 9.59 Å². The van der Waals surface area contributed by atoms with Crippen molar-refractivity contribution in [1.82, 2.24) is 10.2 Å². The third kappa shape index (κ3) is 4.95. The Morgan fingerprint density at radius 2 is 1.58 bits per heavy atom. The molecule has 2 rings (SSSR count). The SMILES string of the molecule is CC(C)[C@@H](C)NC(=O)C1CCN(C(=O)[C@H](O)C2CCCCC2)CC1. The highest BCUT2D eigenvalue weighted by Gasteiger charge is 2.34. The van der Waals surface area contributed by atoms with Gasteiger partial charge in [0.2, 0.25) is 5.91 Å². The van der Waals surface area contributed by atoms with Crippen LogP contribution >= 0.6 is 0 Å². The summed E-state index contributed by atoms with van der Waals surface area (Å²) in [6.45, 7) is 7.38. The van der Waals surface area contributed by atoms with Crippen molar-refractivity contribution in [2.24, 2.45) is 17.8 Å². The second-order valence-corrected chi connectivity index (χ2v) is 7.98. The van der Waals surface area contributed by atoms with Crippen LogP contribution in [0, 0.1) is 17.8 Å². The van der Waals surface area contributed by atoms with Gasteiger partial charge in [-0.15, -0.1) is 0 Å². The van der Waals surface area contributed by atoms with Crippen molar-refractivity contribution in [3.8, 4) is 0 Å². The average Bonchev–Trinajstić information content (AvgIpc) is 2.61. The van der Waals surface area contributed by atoms with Gasteiger partial charge in [-0.2, -0.15) is 0 Å². The van der Waals surface area contributed by atoms with E-state index in [1.807, 2.05) is 6.92 Å². The summed E-state index contributed by atoms with van der Waals surface area (Å²) in [5, 5.41) is 13.5. The van der Waals surface area contributed by atoms with E-state index < -0.39 is 6.10 Å². The Kier molecular flexibility index (Phi) is 7.08. The molecule has 138 valence electrons. The molecule has 2 N–H and O–H groups in total. The molecule has 1 saturated heterocycles. The van der Waals surface area contributed by atoms with Gasteiger partial charge in [0.1, 0.15) is 6.10 Å². The number of amides is 2. The lowest BCUT2D eigenvalue weighted by Crippen LogP contribution is -2.49. The number of carbonyl (C=O) groups is 2. The lowest BCUT2D eigenvalue weighted by Gasteiger charge is -2.35. The fourth-order valence-corrected chi connectivity index (χ4v) is 3.71. The summed E-state index contributed by atoms with van der Waals surface area (Å²) < 4.78 is 0. The summed E-state index contributed by atoms with van der Waals surface area (Å²) in [4.78, 5) is 26.6. The van der Waals surface area contributed by atoms with E-state index in [1.165, 1.54) is 6.42 Å². The van der Waals surface area contributed by atoms with Crippen LogP contribution in [-0.4, -0.2) is 47.1 Å². The molecule has 0 aromatic carbocycles. The minimum Gasteiger partial charge on any atom is -0.383 e. The van der Waals surface area contributed by atoms with Crippen molar-refractivity contribution in [2.45, 2.75) is 77.9 Å². The lowest BCUT2D eigenvalue weighted by molar-refractivity contribution is -0.146. The fraction of sp³-hybridized carbons (Fsp3) is 0.895. The number of carbonyl (C=O) groups excluding carboxylic acids is 2. The molecule has 2 fully saturated rings. The highest BCUT2D eigenvalue weighted by atomic mass is 16.3. The van der Waals surface area contributed by atoms with Gasteiger partial charge in [-0.25, -0.2) is 0 Å². The zero-order valence-electron chi connectivity index (χ0n) is 15.5. The van der Waals surface area contributed by atoms with Crippen LogP contribution in [0.1, 0.15) is 65.7 Å². The Morgan fingerprint density at radius 1 is 1.00 bits per heavy atom. The van der Waals surface area contributed by atoms with Gasteiger partial charge < -0.3 is 15.3 Å². The maximum Gasteiger partial charge on any atom is 0.251 e. The predicted molar refractivity (Wildman–Crippen MR) is 94.3 cm³/mol. The highest BCUT2D eigenvalue weighted by Crippen LogP contribution is 2.28. The van der Waals surface area contributed by atoms with Crippen LogP contribution in [0.5, 0.6) is 0 Å². The standard InChI is InChI=1S/C19H34N2O3/c1-13(2)14(3)20-18(23)16-9-11-21(12-10-16)19(24)17(22)15-7-5-4-6-8-15/h13-17,22H,4-12H2,1-3H3,(H,20,23)/t14-,17-/m1/s1. The molecule has 2 aliphatic rings.